The van der Waals surface area contributed by atoms with Crippen LogP contribution in [0.1, 0.15) is 18.4 Å². The van der Waals surface area contributed by atoms with Gasteiger partial charge in [-0.2, -0.15) is 0 Å². The molecule has 1 aromatic heterocycles. The number of rotatable bonds is 5. The third-order valence-corrected chi connectivity index (χ3v) is 6.59. The summed E-state index contributed by atoms with van der Waals surface area (Å²) in [6.07, 6.45) is 1.92. The molecule has 0 aliphatic carbocycles. The second kappa shape index (κ2) is 7.42. The fourth-order valence-corrected chi connectivity index (χ4v) is 4.90. The first-order chi connectivity index (χ1) is 13.7. The SMILES string of the molecule is O=C1N(CCN2CCOCC2)CCC12CCN(Cc1cccc3nonc13)C2. The van der Waals surface area contributed by atoms with E-state index in [9.17, 15) is 4.79 Å². The van der Waals surface area contributed by atoms with Gasteiger partial charge in [-0.15, -0.1) is 0 Å². The van der Waals surface area contributed by atoms with Gasteiger partial charge in [0.25, 0.3) is 0 Å². The number of carbonyl (C=O) groups excluding carboxylic acids is 1. The number of ether oxygens (including phenoxy) is 1. The summed E-state index contributed by atoms with van der Waals surface area (Å²) >= 11 is 0. The molecule has 1 atom stereocenters. The zero-order valence-corrected chi connectivity index (χ0v) is 16.2. The molecule has 0 bridgehead atoms. The molecule has 1 amide bonds. The van der Waals surface area contributed by atoms with Crippen LogP contribution in [0.5, 0.6) is 0 Å². The first-order valence-electron chi connectivity index (χ1n) is 10.3. The lowest BCUT2D eigenvalue weighted by Gasteiger charge is -2.29. The number of morpholine rings is 1. The van der Waals surface area contributed by atoms with Crippen molar-refractivity contribution in [3.05, 3.63) is 23.8 Å². The highest BCUT2D eigenvalue weighted by Crippen LogP contribution is 2.41. The molecule has 28 heavy (non-hydrogen) atoms. The van der Waals surface area contributed by atoms with E-state index >= 15 is 0 Å². The Labute approximate surface area is 164 Å². The molecule has 3 aliphatic heterocycles. The van der Waals surface area contributed by atoms with E-state index in [1.807, 2.05) is 12.1 Å². The third kappa shape index (κ3) is 3.29. The number of amides is 1. The highest BCUT2D eigenvalue weighted by atomic mass is 16.6. The third-order valence-electron chi connectivity index (χ3n) is 6.59. The topological polar surface area (TPSA) is 74.9 Å². The lowest BCUT2D eigenvalue weighted by atomic mass is 9.85. The fourth-order valence-electron chi connectivity index (χ4n) is 4.90. The van der Waals surface area contributed by atoms with Crippen LogP contribution >= 0.6 is 0 Å². The van der Waals surface area contributed by atoms with E-state index in [0.29, 0.717) is 5.91 Å². The number of hydrogen-bond acceptors (Lipinski definition) is 7. The summed E-state index contributed by atoms with van der Waals surface area (Å²) in [4.78, 5) is 20.1. The van der Waals surface area contributed by atoms with Gasteiger partial charge < -0.3 is 9.64 Å². The van der Waals surface area contributed by atoms with Gasteiger partial charge in [0.05, 0.1) is 18.6 Å². The van der Waals surface area contributed by atoms with Gasteiger partial charge in [-0.1, -0.05) is 12.1 Å². The van der Waals surface area contributed by atoms with Crippen LogP contribution < -0.4 is 0 Å². The van der Waals surface area contributed by atoms with Crippen LogP contribution in [-0.4, -0.2) is 89.9 Å². The Bertz CT molecular complexity index is 849. The summed E-state index contributed by atoms with van der Waals surface area (Å²) in [5, 5.41) is 7.97. The van der Waals surface area contributed by atoms with Gasteiger partial charge in [0.15, 0.2) is 0 Å². The molecule has 0 radical (unpaired) electrons. The summed E-state index contributed by atoms with van der Waals surface area (Å²) < 4.78 is 10.3. The highest BCUT2D eigenvalue weighted by Gasteiger charge is 2.50. The van der Waals surface area contributed by atoms with Crippen molar-refractivity contribution in [2.45, 2.75) is 19.4 Å². The molecule has 1 spiro atoms. The van der Waals surface area contributed by atoms with Gasteiger partial charge in [0.1, 0.15) is 11.0 Å². The van der Waals surface area contributed by atoms with Crippen molar-refractivity contribution >= 4 is 16.9 Å². The molecule has 5 rings (SSSR count). The monoisotopic (exact) mass is 385 g/mol. The molecule has 4 heterocycles. The predicted octanol–water partition coefficient (Wildman–Crippen LogP) is 0.979. The largest absolute Gasteiger partial charge is 0.379 e. The highest BCUT2D eigenvalue weighted by molar-refractivity contribution is 5.85. The first kappa shape index (κ1) is 18.0. The lowest BCUT2D eigenvalue weighted by molar-refractivity contribution is -0.135. The van der Waals surface area contributed by atoms with Crippen molar-refractivity contribution in [3.8, 4) is 0 Å². The number of fused-ring (bicyclic) bond motifs is 1. The van der Waals surface area contributed by atoms with Crippen molar-refractivity contribution < 1.29 is 14.2 Å². The first-order valence-corrected chi connectivity index (χ1v) is 10.3. The molecule has 3 saturated heterocycles. The summed E-state index contributed by atoms with van der Waals surface area (Å²) in [5.74, 6) is 0.351. The number of aromatic nitrogens is 2. The minimum Gasteiger partial charge on any atom is -0.379 e. The zero-order chi connectivity index (χ0) is 19.0. The van der Waals surface area contributed by atoms with Gasteiger partial charge in [-0.3, -0.25) is 14.6 Å². The molecule has 3 aliphatic rings. The van der Waals surface area contributed by atoms with E-state index in [1.54, 1.807) is 0 Å². The Kier molecular flexibility index (Phi) is 4.78. The van der Waals surface area contributed by atoms with Crippen LogP contribution in [0, 0.1) is 5.41 Å². The standard InChI is InChI=1S/C20H27N5O3/c26-19-20(5-7-25(19)9-8-23-10-12-27-13-11-23)4-6-24(15-20)14-16-2-1-3-17-18(16)22-28-21-17/h1-3H,4-15H2. The number of hydrogen-bond donors (Lipinski definition) is 0. The number of benzene rings is 1. The molecule has 3 fully saturated rings. The van der Waals surface area contributed by atoms with E-state index in [4.69, 9.17) is 9.37 Å². The smallest absolute Gasteiger partial charge is 0.230 e. The molecule has 8 heteroatoms. The van der Waals surface area contributed by atoms with Crippen molar-refractivity contribution in [2.75, 3.05) is 59.0 Å². The van der Waals surface area contributed by atoms with Crippen LogP contribution in [0.15, 0.2) is 22.8 Å². The number of nitrogens with zero attached hydrogens (tertiary/aromatic N) is 5. The van der Waals surface area contributed by atoms with Gasteiger partial charge in [0, 0.05) is 45.8 Å². The molecule has 0 saturated carbocycles. The van der Waals surface area contributed by atoms with Crippen molar-refractivity contribution in [2.24, 2.45) is 5.41 Å². The maximum absolute atomic E-state index is 13.2. The van der Waals surface area contributed by atoms with Crippen molar-refractivity contribution in [3.63, 3.8) is 0 Å². The van der Waals surface area contributed by atoms with Crippen LogP contribution in [0.4, 0.5) is 0 Å². The van der Waals surface area contributed by atoms with E-state index in [2.05, 4.69) is 31.1 Å². The zero-order valence-electron chi connectivity index (χ0n) is 16.2. The number of carbonyl (C=O) groups is 1. The van der Waals surface area contributed by atoms with Gasteiger partial charge in [-0.05, 0) is 41.3 Å². The van der Waals surface area contributed by atoms with Crippen molar-refractivity contribution in [1.82, 2.24) is 25.0 Å². The van der Waals surface area contributed by atoms with Crippen LogP contribution in [0.3, 0.4) is 0 Å². The quantitative estimate of drug-likeness (QED) is 0.759. The second-order valence-corrected chi connectivity index (χ2v) is 8.29. The van der Waals surface area contributed by atoms with E-state index < -0.39 is 0 Å². The minimum atomic E-state index is -0.193. The normalized spacial score (nSPS) is 26.9. The van der Waals surface area contributed by atoms with E-state index in [1.165, 1.54) is 0 Å². The Balaban J connectivity index is 1.20. The molecule has 0 N–H and O–H groups in total. The van der Waals surface area contributed by atoms with Crippen LogP contribution in [-0.2, 0) is 16.1 Å². The maximum Gasteiger partial charge on any atom is 0.230 e. The van der Waals surface area contributed by atoms with Gasteiger partial charge in [-0.25, -0.2) is 4.63 Å². The predicted molar refractivity (Wildman–Crippen MR) is 103 cm³/mol. The Morgan fingerprint density at radius 2 is 1.86 bits per heavy atom. The van der Waals surface area contributed by atoms with Gasteiger partial charge in [0.2, 0.25) is 5.91 Å². The maximum atomic E-state index is 13.2. The summed E-state index contributed by atoms with van der Waals surface area (Å²) in [6.45, 7) is 8.81. The molecule has 2 aromatic rings. The molecular formula is C20H27N5O3. The average molecular weight is 385 g/mol. The molecule has 1 aromatic carbocycles. The van der Waals surface area contributed by atoms with E-state index in [-0.39, 0.29) is 5.41 Å². The molecule has 1 unspecified atom stereocenters. The fraction of sp³-hybridized carbons (Fsp3) is 0.650. The lowest BCUT2D eigenvalue weighted by Crippen LogP contribution is -2.43. The second-order valence-electron chi connectivity index (χ2n) is 8.29. The average Bonchev–Trinajstić information content (AvgIpc) is 3.43. The summed E-state index contributed by atoms with van der Waals surface area (Å²) in [7, 11) is 0. The molecule has 150 valence electrons. The van der Waals surface area contributed by atoms with Gasteiger partial charge >= 0.3 is 0 Å². The summed E-state index contributed by atoms with van der Waals surface area (Å²) in [6, 6.07) is 5.97. The van der Waals surface area contributed by atoms with Crippen LogP contribution in [0.25, 0.3) is 11.0 Å². The minimum absolute atomic E-state index is 0.193. The summed E-state index contributed by atoms with van der Waals surface area (Å²) in [5.41, 5.74) is 2.54. The Hall–Kier alpha value is -2.03. The molecule has 8 nitrogen and oxygen atoms in total. The number of likely N-dealkylation sites (tertiary alicyclic amines) is 2. The Morgan fingerprint density at radius 3 is 2.75 bits per heavy atom. The Morgan fingerprint density at radius 1 is 1.00 bits per heavy atom. The van der Waals surface area contributed by atoms with E-state index in [0.717, 1.165) is 95.0 Å². The molecular weight excluding hydrogens is 358 g/mol. The van der Waals surface area contributed by atoms with Crippen LogP contribution in [0.2, 0.25) is 0 Å². The van der Waals surface area contributed by atoms with Crippen molar-refractivity contribution in [1.29, 1.82) is 0 Å².